The van der Waals surface area contributed by atoms with Crippen molar-refractivity contribution in [2.24, 2.45) is 0 Å². The van der Waals surface area contributed by atoms with Gasteiger partial charge in [0.25, 0.3) is 0 Å². The number of hydrogen-bond acceptors (Lipinski definition) is 4. The van der Waals surface area contributed by atoms with Gasteiger partial charge in [0.1, 0.15) is 5.52 Å². The van der Waals surface area contributed by atoms with E-state index in [1.165, 1.54) is 0 Å². The van der Waals surface area contributed by atoms with Gasteiger partial charge in [-0.15, -0.1) is 0 Å². The summed E-state index contributed by atoms with van der Waals surface area (Å²) in [5.74, 6) is 0.720. The smallest absolute Gasteiger partial charge is 0.195 e. The normalized spacial score (nSPS) is 12.1. The van der Waals surface area contributed by atoms with Gasteiger partial charge in [0.15, 0.2) is 21.3 Å². The Kier molecular flexibility index (Phi) is 2.71. The molecule has 0 saturated carbocycles. The van der Waals surface area contributed by atoms with Crippen molar-refractivity contribution < 1.29 is 12.8 Å². The molecule has 1 aromatic heterocycles. The first-order valence-electron chi connectivity index (χ1n) is 5.19. The van der Waals surface area contributed by atoms with E-state index in [2.05, 4.69) is 4.98 Å². The summed E-state index contributed by atoms with van der Waals surface area (Å²) in [7, 11) is -3.17. The molecule has 0 spiro atoms. The molecule has 0 aliphatic carbocycles. The molecular weight excluding hydrogens is 226 g/mol. The first kappa shape index (κ1) is 11.1. The third-order valence-electron chi connectivity index (χ3n) is 2.44. The van der Waals surface area contributed by atoms with Gasteiger partial charge in [-0.3, -0.25) is 0 Å². The van der Waals surface area contributed by atoms with E-state index >= 15 is 0 Å². The van der Waals surface area contributed by atoms with Crippen molar-refractivity contribution in [3.05, 3.63) is 24.1 Å². The lowest BCUT2D eigenvalue weighted by Gasteiger charge is -1.99. The second kappa shape index (κ2) is 3.90. The zero-order chi connectivity index (χ0) is 11.8. The molecule has 0 radical (unpaired) electrons. The molecule has 0 fully saturated rings. The third-order valence-corrected chi connectivity index (χ3v) is 4.18. The predicted molar refractivity (Wildman–Crippen MR) is 61.1 cm³/mol. The molecule has 0 atom stereocenters. The maximum absolute atomic E-state index is 11.7. The highest BCUT2D eigenvalue weighted by atomic mass is 32.2. The van der Waals surface area contributed by atoms with E-state index in [9.17, 15) is 8.42 Å². The zero-order valence-electron chi connectivity index (χ0n) is 9.23. The molecule has 16 heavy (non-hydrogen) atoms. The van der Waals surface area contributed by atoms with Gasteiger partial charge in [0, 0.05) is 6.42 Å². The molecule has 0 aliphatic rings. The number of aromatic nitrogens is 1. The molecule has 1 heterocycles. The van der Waals surface area contributed by atoms with E-state index in [1.54, 1.807) is 25.1 Å². The number of benzene rings is 1. The van der Waals surface area contributed by atoms with Crippen LogP contribution in [0.1, 0.15) is 19.7 Å². The minimum absolute atomic E-state index is 0.0942. The van der Waals surface area contributed by atoms with Crippen LogP contribution in [0.25, 0.3) is 11.1 Å². The number of aryl methyl sites for hydroxylation is 1. The molecule has 1 aromatic carbocycles. The lowest BCUT2D eigenvalue weighted by atomic mass is 10.3. The fourth-order valence-corrected chi connectivity index (χ4v) is 2.37. The highest BCUT2D eigenvalue weighted by Crippen LogP contribution is 2.20. The minimum atomic E-state index is -3.17. The van der Waals surface area contributed by atoms with Crippen LogP contribution in [0.2, 0.25) is 0 Å². The van der Waals surface area contributed by atoms with Gasteiger partial charge in [-0.05, 0) is 18.2 Å². The molecule has 0 unspecified atom stereocenters. The van der Waals surface area contributed by atoms with Gasteiger partial charge in [0.05, 0.1) is 10.6 Å². The van der Waals surface area contributed by atoms with Gasteiger partial charge in [-0.25, -0.2) is 13.4 Å². The van der Waals surface area contributed by atoms with Crippen molar-refractivity contribution >= 4 is 20.9 Å². The molecule has 0 N–H and O–H groups in total. The Morgan fingerprint density at radius 3 is 2.69 bits per heavy atom. The number of nitrogens with zero attached hydrogens (tertiary/aromatic N) is 1. The summed E-state index contributed by atoms with van der Waals surface area (Å²) in [6.07, 6.45) is 0.699. The highest BCUT2D eigenvalue weighted by molar-refractivity contribution is 7.91. The monoisotopic (exact) mass is 239 g/mol. The fraction of sp³-hybridized carbons (Fsp3) is 0.364. The Hall–Kier alpha value is -1.36. The van der Waals surface area contributed by atoms with Gasteiger partial charge < -0.3 is 4.42 Å². The molecule has 4 nitrogen and oxygen atoms in total. The Morgan fingerprint density at radius 2 is 2.06 bits per heavy atom. The Labute approximate surface area is 94.2 Å². The van der Waals surface area contributed by atoms with Crippen molar-refractivity contribution in [1.82, 2.24) is 4.98 Å². The summed E-state index contributed by atoms with van der Waals surface area (Å²) in [4.78, 5) is 4.51. The third kappa shape index (κ3) is 1.82. The van der Waals surface area contributed by atoms with Crippen LogP contribution < -0.4 is 0 Å². The van der Waals surface area contributed by atoms with Gasteiger partial charge >= 0.3 is 0 Å². The Bertz CT molecular complexity index is 613. The van der Waals surface area contributed by atoms with Crippen molar-refractivity contribution in [2.75, 3.05) is 5.75 Å². The van der Waals surface area contributed by atoms with Crippen LogP contribution in [0.15, 0.2) is 27.5 Å². The SMILES string of the molecule is CCc1nc2cc(S(=O)(=O)CC)ccc2o1. The second-order valence-electron chi connectivity index (χ2n) is 3.49. The summed E-state index contributed by atoms with van der Waals surface area (Å²) >= 11 is 0. The molecule has 2 rings (SSSR count). The second-order valence-corrected chi connectivity index (χ2v) is 5.77. The maximum Gasteiger partial charge on any atom is 0.195 e. The molecule has 0 aliphatic heterocycles. The number of sulfone groups is 1. The maximum atomic E-state index is 11.7. The summed E-state index contributed by atoms with van der Waals surface area (Å²) in [6, 6.07) is 4.78. The number of oxazole rings is 1. The first-order valence-corrected chi connectivity index (χ1v) is 6.84. The van der Waals surface area contributed by atoms with E-state index in [1.807, 2.05) is 6.92 Å². The Balaban J connectivity index is 2.60. The molecule has 0 saturated heterocycles. The minimum Gasteiger partial charge on any atom is -0.441 e. The summed E-state index contributed by atoms with van der Waals surface area (Å²) < 4.78 is 28.7. The van der Waals surface area contributed by atoms with Crippen LogP contribution in [0.3, 0.4) is 0 Å². The van der Waals surface area contributed by atoms with Crippen molar-refractivity contribution in [2.45, 2.75) is 25.2 Å². The number of rotatable bonds is 3. The summed E-state index contributed by atoms with van der Waals surface area (Å²) in [5.41, 5.74) is 1.23. The lowest BCUT2D eigenvalue weighted by molar-refractivity contribution is 0.538. The van der Waals surface area contributed by atoms with Crippen molar-refractivity contribution in [3.63, 3.8) is 0 Å². The molecule has 0 amide bonds. The van der Waals surface area contributed by atoms with Gasteiger partial charge in [0.2, 0.25) is 0 Å². The van der Waals surface area contributed by atoms with E-state index in [0.29, 0.717) is 28.3 Å². The Morgan fingerprint density at radius 1 is 1.31 bits per heavy atom. The number of hydrogen-bond donors (Lipinski definition) is 0. The first-order chi connectivity index (χ1) is 7.56. The van der Waals surface area contributed by atoms with E-state index in [-0.39, 0.29) is 5.75 Å². The predicted octanol–water partition coefficient (Wildman–Crippen LogP) is 2.18. The standard InChI is InChI=1S/C11H13NO3S/c1-3-11-12-9-7-8(16(13,14)4-2)5-6-10(9)15-11/h5-7H,3-4H2,1-2H3. The summed E-state index contributed by atoms with van der Waals surface area (Å²) in [6.45, 7) is 3.56. The van der Waals surface area contributed by atoms with Crippen LogP contribution in [0.4, 0.5) is 0 Å². The summed E-state index contributed by atoms with van der Waals surface area (Å²) in [5, 5.41) is 0. The van der Waals surface area contributed by atoms with Crippen LogP contribution in [-0.2, 0) is 16.3 Å². The topological polar surface area (TPSA) is 60.2 Å². The van der Waals surface area contributed by atoms with E-state index < -0.39 is 9.84 Å². The van der Waals surface area contributed by atoms with Crippen molar-refractivity contribution in [3.8, 4) is 0 Å². The number of fused-ring (bicyclic) bond motifs is 1. The van der Waals surface area contributed by atoms with Gasteiger partial charge in [-0.1, -0.05) is 13.8 Å². The molecule has 5 heteroatoms. The molecule has 86 valence electrons. The van der Waals surface area contributed by atoms with E-state index in [0.717, 1.165) is 0 Å². The average Bonchev–Trinajstić information content (AvgIpc) is 2.70. The van der Waals surface area contributed by atoms with Crippen LogP contribution in [0, 0.1) is 0 Å². The zero-order valence-corrected chi connectivity index (χ0v) is 10.0. The quantitative estimate of drug-likeness (QED) is 0.823. The molecule has 0 bridgehead atoms. The largest absolute Gasteiger partial charge is 0.441 e. The van der Waals surface area contributed by atoms with Gasteiger partial charge in [-0.2, -0.15) is 0 Å². The average molecular weight is 239 g/mol. The molecular formula is C11H13NO3S. The highest BCUT2D eigenvalue weighted by Gasteiger charge is 2.13. The van der Waals surface area contributed by atoms with Crippen LogP contribution in [-0.4, -0.2) is 19.2 Å². The van der Waals surface area contributed by atoms with Crippen molar-refractivity contribution in [1.29, 1.82) is 0 Å². The fourth-order valence-electron chi connectivity index (χ4n) is 1.47. The van der Waals surface area contributed by atoms with Crippen LogP contribution >= 0.6 is 0 Å². The lowest BCUT2D eigenvalue weighted by Crippen LogP contribution is -2.03. The molecule has 2 aromatic rings. The van der Waals surface area contributed by atoms with Crippen LogP contribution in [0.5, 0.6) is 0 Å². The van der Waals surface area contributed by atoms with E-state index in [4.69, 9.17) is 4.42 Å².